The van der Waals surface area contributed by atoms with Crippen molar-refractivity contribution < 1.29 is 9.53 Å². The van der Waals surface area contributed by atoms with Crippen molar-refractivity contribution in [3.63, 3.8) is 0 Å². The number of carbonyl (C=O) groups excluding carboxylic acids is 1. The van der Waals surface area contributed by atoms with Gasteiger partial charge in [0.2, 0.25) is 5.91 Å². The number of methoxy groups -OCH3 is 1. The van der Waals surface area contributed by atoms with E-state index in [1.165, 1.54) is 12.8 Å². The Balaban J connectivity index is 2.32. The van der Waals surface area contributed by atoms with E-state index in [-0.39, 0.29) is 17.9 Å². The molecule has 0 aromatic heterocycles. The van der Waals surface area contributed by atoms with Crippen molar-refractivity contribution >= 4 is 5.91 Å². The lowest BCUT2D eigenvalue weighted by molar-refractivity contribution is -0.125. The van der Waals surface area contributed by atoms with Gasteiger partial charge >= 0.3 is 0 Å². The van der Waals surface area contributed by atoms with E-state index < -0.39 is 0 Å². The molecule has 88 valence electrons. The van der Waals surface area contributed by atoms with Crippen LogP contribution in [0.3, 0.4) is 0 Å². The summed E-state index contributed by atoms with van der Waals surface area (Å²) in [5, 5.41) is 6.07. The van der Waals surface area contributed by atoms with Gasteiger partial charge in [-0.05, 0) is 25.8 Å². The number of hydrogen-bond donors (Lipinski definition) is 2. The van der Waals surface area contributed by atoms with Crippen molar-refractivity contribution in [1.29, 1.82) is 0 Å². The van der Waals surface area contributed by atoms with Gasteiger partial charge in [0.1, 0.15) is 0 Å². The van der Waals surface area contributed by atoms with Crippen molar-refractivity contribution in [1.82, 2.24) is 10.6 Å². The lowest BCUT2D eigenvalue weighted by Gasteiger charge is -2.20. The first kappa shape index (κ1) is 12.5. The highest BCUT2D eigenvalue weighted by atomic mass is 16.5. The molecule has 1 rings (SSSR count). The molecule has 2 atom stereocenters. The van der Waals surface area contributed by atoms with E-state index in [2.05, 4.69) is 10.6 Å². The Bertz CT molecular complexity index is 205. The Hall–Kier alpha value is -0.610. The summed E-state index contributed by atoms with van der Waals surface area (Å²) in [5.41, 5.74) is 0. The molecular weight excluding hydrogens is 192 g/mol. The number of hydrogen-bond acceptors (Lipinski definition) is 3. The second-order valence-electron chi connectivity index (χ2n) is 4.37. The van der Waals surface area contributed by atoms with E-state index in [1.807, 2.05) is 14.0 Å². The Morgan fingerprint density at radius 2 is 2.20 bits per heavy atom. The lowest BCUT2D eigenvalue weighted by atomic mass is 10.1. The first-order valence-electron chi connectivity index (χ1n) is 5.63. The molecule has 2 N–H and O–H groups in total. The zero-order valence-corrected chi connectivity index (χ0v) is 9.88. The summed E-state index contributed by atoms with van der Waals surface area (Å²) in [7, 11) is 3.54. The van der Waals surface area contributed by atoms with Gasteiger partial charge in [-0.1, -0.05) is 6.92 Å². The molecule has 1 aliphatic carbocycles. The van der Waals surface area contributed by atoms with Gasteiger partial charge in [-0.2, -0.15) is 0 Å². The van der Waals surface area contributed by atoms with Crippen LogP contribution >= 0.6 is 0 Å². The third-order valence-corrected chi connectivity index (χ3v) is 2.82. The Morgan fingerprint density at radius 3 is 2.67 bits per heavy atom. The first-order valence-corrected chi connectivity index (χ1v) is 5.63. The Labute approximate surface area is 91.8 Å². The van der Waals surface area contributed by atoms with Gasteiger partial charge in [-0.3, -0.25) is 4.79 Å². The molecule has 1 aliphatic rings. The highest BCUT2D eigenvalue weighted by Gasteiger charge is 2.32. The van der Waals surface area contributed by atoms with Gasteiger partial charge in [0.15, 0.2) is 0 Å². The molecule has 1 fully saturated rings. The predicted octanol–water partition coefficient (Wildman–Crippen LogP) is 0.383. The predicted molar refractivity (Wildman–Crippen MR) is 59.6 cm³/mol. The van der Waals surface area contributed by atoms with Crippen LogP contribution in [-0.2, 0) is 9.53 Å². The molecule has 0 spiro atoms. The van der Waals surface area contributed by atoms with Crippen molar-refractivity contribution in [2.75, 3.05) is 27.3 Å². The minimum absolute atomic E-state index is 0.0214. The van der Waals surface area contributed by atoms with E-state index in [0.717, 1.165) is 6.54 Å². The quantitative estimate of drug-likeness (QED) is 0.644. The fourth-order valence-corrected chi connectivity index (χ4v) is 1.70. The summed E-state index contributed by atoms with van der Waals surface area (Å²) in [5.74, 6) is 0.780. The van der Waals surface area contributed by atoms with Crippen LogP contribution in [0.1, 0.15) is 19.8 Å². The number of rotatable bonds is 7. The van der Waals surface area contributed by atoms with Crippen LogP contribution in [0.15, 0.2) is 0 Å². The second kappa shape index (κ2) is 6.08. The molecule has 1 amide bonds. The third-order valence-electron chi connectivity index (χ3n) is 2.82. The van der Waals surface area contributed by atoms with Crippen molar-refractivity contribution in [3.05, 3.63) is 0 Å². The molecule has 1 saturated carbocycles. The maximum Gasteiger partial charge on any atom is 0.224 e. The van der Waals surface area contributed by atoms with Crippen LogP contribution in [-0.4, -0.2) is 39.3 Å². The normalized spacial score (nSPS) is 19.7. The molecule has 2 unspecified atom stereocenters. The van der Waals surface area contributed by atoms with Crippen LogP contribution in [0.25, 0.3) is 0 Å². The fraction of sp³-hybridized carbons (Fsp3) is 0.909. The molecular formula is C11H22N2O2. The van der Waals surface area contributed by atoms with Crippen molar-refractivity contribution in [2.45, 2.75) is 25.8 Å². The van der Waals surface area contributed by atoms with Gasteiger partial charge in [0, 0.05) is 19.6 Å². The topological polar surface area (TPSA) is 50.4 Å². The summed E-state index contributed by atoms with van der Waals surface area (Å²) in [6, 6.07) is 0.210. The number of nitrogens with one attached hydrogen (secondary N) is 2. The smallest absolute Gasteiger partial charge is 0.224 e. The standard InChI is InChI=1S/C11H22N2O2/c1-8(6-12-2)11(14)13-10(7-15-3)9-4-5-9/h8-10,12H,4-7H2,1-3H3,(H,13,14). The Kier molecular flexibility index (Phi) is 5.05. The summed E-state index contributed by atoms with van der Waals surface area (Å²) >= 11 is 0. The van der Waals surface area contributed by atoms with E-state index >= 15 is 0 Å². The van der Waals surface area contributed by atoms with Gasteiger partial charge in [0.05, 0.1) is 12.6 Å². The van der Waals surface area contributed by atoms with Crippen LogP contribution in [0, 0.1) is 11.8 Å². The molecule has 0 aromatic carbocycles. The molecule has 0 heterocycles. The van der Waals surface area contributed by atoms with Crippen LogP contribution < -0.4 is 10.6 Å². The maximum atomic E-state index is 11.7. The summed E-state index contributed by atoms with van der Waals surface area (Å²) < 4.78 is 5.12. The monoisotopic (exact) mass is 214 g/mol. The van der Waals surface area contributed by atoms with E-state index in [9.17, 15) is 4.79 Å². The Morgan fingerprint density at radius 1 is 1.53 bits per heavy atom. The maximum absolute atomic E-state index is 11.7. The van der Waals surface area contributed by atoms with E-state index in [0.29, 0.717) is 12.5 Å². The van der Waals surface area contributed by atoms with Gasteiger partial charge in [-0.15, -0.1) is 0 Å². The number of ether oxygens (including phenoxy) is 1. The first-order chi connectivity index (χ1) is 7.19. The van der Waals surface area contributed by atoms with E-state index in [1.54, 1.807) is 7.11 Å². The molecule has 15 heavy (non-hydrogen) atoms. The average Bonchev–Trinajstić information content (AvgIpc) is 3.00. The second-order valence-corrected chi connectivity index (χ2v) is 4.37. The number of amides is 1. The van der Waals surface area contributed by atoms with Crippen LogP contribution in [0.4, 0.5) is 0 Å². The lowest BCUT2D eigenvalue weighted by Crippen LogP contribution is -2.44. The van der Waals surface area contributed by atoms with Crippen molar-refractivity contribution in [3.8, 4) is 0 Å². The van der Waals surface area contributed by atoms with E-state index in [4.69, 9.17) is 4.74 Å². The number of carbonyl (C=O) groups is 1. The largest absolute Gasteiger partial charge is 0.383 e. The minimum Gasteiger partial charge on any atom is -0.383 e. The fourth-order valence-electron chi connectivity index (χ4n) is 1.70. The van der Waals surface area contributed by atoms with Crippen LogP contribution in [0.2, 0.25) is 0 Å². The highest BCUT2D eigenvalue weighted by molar-refractivity contribution is 5.78. The summed E-state index contributed by atoms with van der Waals surface area (Å²) in [6.45, 7) is 3.28. The molecule has 0 aliphatic heterocycles. The van der Waals surface area contributed by atoms with Gasteiger partial charge < -0.3 is 15.4 Å². The average molecular weight is 214 g/mol. The molecule has 4 nitrogen and oxygen atoms in total. The molecule has 0 radical (unpaired) electrons. The highest BCUT2D eigenvalue weighted by Crippen LogP contribution is 2.32. The zero-order chi connectivity index (χ0) is 11.3. The molecule has 0 bridgehead atoms. The minimum atomic E-state index is 0.0214. The van der Waals surface area contributed by atoms with Gasteiger partial charge in [-0.25, -0.2) is 0 Å². The molecule has 4 heteroatoms. The SMILES string of the molecule is CNCC(C)C(=O)NC(COC)C1CC1. The molecule has 0 saturated heterocycles. The van der Waals surface area contributed by atoms with Crippen LogP contribution in [0.5, 0.6) is 0 Å². The molecule has 0 aromatic rings. The summed E-state index contributed by atoms with van der Waals surface area (Å²) in [6.07, 6.45) is 2.43. The third kappa shape index (κ3) is 4.18. The zero-order valence-electron chi connectivity index (χ0n) is 9.88. The van der Waals surface area contributed by atoms with Gasteiger partial charge in [0.25, 0.3) is 0 Å². The van der Waals surface area contributed by atoms with Crippen molar-refractivity contribution in [2.24, 2.45) is 11.8 Å². The summed E-state index contributed by atoms with van der Waals surface area (Å²) in [4.78, 5) is 11.7.